The van der Waals surface area contributed by atoms with Gasteiger partial charge in [0.2, 0.25) is 11.8 Å². The van der Waals surface area contributed by atoms with Crippen molar-refractivity contribution in [3.8, 4) is 0 Å². The largest absolute Gasteiger partial charge is 0.342 e. The minimum absolute atomic E-state index is 0.251. The Labute approximate surface area is 185 Å². The zero-order valence-electron chi connectivity index (χ0n) is 20.1. The minimum atomic E-state index is -0.251. The third-order valence-electron chi connectivity index (χ3n) is 8.06. The molecule has 2 amide bonds. The van der Waals surface area contributed by atoms with Crippen LogP contribution in [0.2, 0.25) is 0 Å². The van der Waals surface area contributed by atoms with Gasteiger partial charge in [0.25, 0.3) is 0 Å². The maximum atomic E-state index is 12.8. The first-order valence-electron chi connectivity index (χ1n) is 12.8. The van der Waals surface area contributed by atoms with E-state index in [4.69, 9.17) is 0 Å². The standard InChI is InChI=1S/C26H46N2O2/c1-20-8-10-23(11-9-20)24(29)27-16-12-21(13-17-27)6-5-7-22-14-18-28(19-15-22)25(30)26(2,3)4/h20-23H,5-19H2,1-4H3. The third-order valence-corrected chi connectivity index (χ3v) is 8.06. The fraction of sp³-hybridized carbons (Fsp3) is 0.923. The van der Waals surface area contributed by atoms with Gasteiger partial charge < -0.3 is 9.80 Å². The third kappa shape index (κ3) is 6.47. The van der Waals surface area contributed by atoms with E-state index in [1.54, 1.807) is 0 Å². The van der Waals surface area contributed by atoms with Crippen LogP contribution in [0, 0.1) is 29.1 Å². The predicted molar refractivity (Wildman–Crippen MR) is 123 cm³/mol. The van der Waals surface area contributed by atoms with Gasteiger partial charge in [-0.2, -0.15) is 0 Å². The highest BCUT2D eigenvalue weighted by Gasteiger charge is 2.32. The van der Waals surface area contributed by atoms with Gasteiger partial charge in [0, 0.05) is 37.5 Å². The second-order valence-electron chi connectivity index (χ2n) is 11.6. The summed E-state index contributed by atoms with van der Waals surface area (Å²) in [7, 11) is 0. The van der Waals surface area contributed by atoms with Gasteiger partial charge in [0.05, 0.1) is 0 Å². The Hall–Kier alpha value is -1.06. The molecule has 0 N–H and O–H groups in total. The van der Waals surface area contributed by atoms with Crippen molar-refractivity contribution in [1.82, 2.24) is 9.80 Å². The van der Waals surface area contributed by atoms with E-state index in [-0.39, 0.29) is 5.41 Å². The molecule has 0 unspecified atom stereocenters. The van der Waals surface area contributed by atoms with Gasteiger partial charge in [-0.25, -0.2) is 0 Å². The van der Waals surface area contributed by atoms with E-state index in [1.165, 1.54) is 57.8 Å². The molecule has 172 valence electrons. The summed E-state index contributed by atoms with van der Waals surface area (Å²) >= 11 is 0. The Kier molecular flexibility index (Phi) is 8.26. The molecule has 0 aromatic rings. The molecule has 2 saturated heterocycles. The predicted octanol–water partition coefficient (Wildman–Crippen LogP) is 5.51. The van der Waals surface area contributed by atoms with Gasteiger partial charge in [0.15, 0.2) is 0 Å². The second kappa shape index (κ2) is 10.5. The smallest absolute Gasteiger partial charge is 0.227 e. The number of carbonyl (C=O) groups is 2. The number of nitrogens with zero attached hydrogens (tertiary/aromatic N) is 2. The molecule has 3 rings (SSSR count). The van der Waals surface area contributed by atoms with E-state index in [0.29, 0.717) is 17.7 Å². The highest BCUT2D eigenvalue weighted by molar-refractivity contribution is 5.81. The molecule has 1 aliphatic carbocycles. The summed E-state index contributed by atoms with van der Waals surface area (Å²) < 4.78 is 0. The maximum Gasteiger partial charge on any atom is 0.227 e. The molecule has 2 heterocycles. The van der Waals surface area contributed by atoms with Crippen molar-refractivity contribution in [2.24, 2.45) is 29.1 Å². The molecule has 4 heteroatoms. The maximum absolute atomic E-state index is 12.8. The van der Waals surface area contributed by atoms with Crippen LogP contribution in [0.4, 0.5) is 0 Å². The van der Waals surface area contributed by atoms with Crippen LogP contribution in [0.3, 0.4) is 0 Å². The van der Waals surface area contributed by atoms with Gasteiger partial charge in [-0.1, -0.05) is 47.0 Å². The summed E-state index contributed by atoms with van der Waals surface area (Å²) in [5.41, 5.74) is -0.251. The molecule has 0 spiro atoms. The summed E-state index contributed by atoms with van der Waals surface area (Å²) in [6.07, 6.45) is 13.4. The van der Waals surface area contributed by atoms with E-state index in [9.17, 15) is 9.59 Å². The lowest BCUT2D eigenvalue weighted by molar-refractivity contribution is -0.141. The molecule has 2 aliphatic heterocycles. The Morgan fingerprint density at radius 3 is 1.67 bits per heavy atom. The van der Waals surface area contributed by atoms with Crippen LogP contribution in [0.5, 0.6) is 0 Å². The average molecular weight is 419 g/mol. The van der Waals surface area contributed by atoms with Crippen molar-refractivity contribution in [3.05, 3.63) is 0 Å². The van der Waals surface area contributed by atoms with Gasteiger partial charge in [-0.3, -0.25) is 9.59 Å². The number of hydrogen-bond acceptors (Lipinski definition) is 2. The Morgan fingerprint density at radius 1 is 0.733 bits per heavy atom. The van der Waals surface area contributed by atoms with Crippen LogP contribution in [-0.4, -0.2) is 47.8 Å². The molecule has 0 aromatic heterocycles. The normalized spacial score (nSPS) is 27.3. The quantitative estimate of drug-likeness (QED) is 0.591. The molecule has 1 saturated carbocycles. The topological polar surface area (TPSA) is 40.6 Å². The van der Waals surface area contributed by atoms with Crippen molar-refractivity contribution < 1.29 is 9.59 Å². The first-order valence-corrected chi connectivity index (χ1v) is 12.8. The molecule has 30 heavy (non-hydrogen) atoms. The van der Waals surface area contributed by atoms with E-state index < -0.39 is 0 Å². The number of amides is 2. The first kappa shape index (κ1) is 23.6. The summed E-state index contributed by atoms with van der Waals surface area (Å²) in [4.78, 5) is 29.5. The second-order valence-corrected chi connectivity index (χ2v) is 11.6. The molecule has 0 bridgehead atoms. The van der Waals surface area contributed by atoms with Crippen LogP contribution >= 0.6 is 0 Å². The van der Waals surface area contributed by atoms with Crippen molar-refractivity contribution in [2.75, 3.05) is 26.2 Å². The summed E-state index contributed by atoms with van der Waals surface area (Å²) in [5, 5.41) is 0. The van der Waals surface area contributed by atoms with Gasteiger partial charge >= 0.3 is 0 Å². The Bertz CT molecular complexity index is 558. The van der Waals surface area contributed by atoms with Crippen LogP contribution in [0.1, 0.15) is 98.3 Å². The monoisotopic (exact) mass is 418 g/mol. The van der Waals surface area contributed by atoms with Gasteiger partial charge in [0.1, 0.15) is 0 Å². The molecule has 0 aromatic carbocycles. The lowest BCUT2D eigenvalue weighted by atomic mass is 9.81. The minimum Gasteiger partial charge on any atom is -0.342 e. The highest BCUT2D eigenvalue weighted by atomic mass is 16.2. The van der Waals surface area contributed by atoms with Crippen molar-refractivity contribution in [3.63, 3.8) is 0 Å². The lowest BCUT2D eigenvalue weighted by Gasteiger charge is -2.37. The van der Waals surface area contributed by atoms with Crippen molar-refractivity contribution >= 4 is 11.8 Å². The number of piperidine rings is 2. The van der Waals surface area contributed by atoms with E-state index >= 15 is 0 Å². The fourth-order valence-corrected chi connectivity index (χ4v) is 5.80. The van der Waals surface area contributed by atoms with E-state index in [1.807, 2.05) is 20.8 Å². The van der Waals surface area contributed by atoms with Crippen LogP contribution in [0.25, 0.3) is 0 Å². The lowest BCUT2D eigenvalue weighted by Crippen LogP contribution is -2.44. The summed E-state index contributed by atoms with van der Waals surface area (Å²) in [6.45, 7) is 12.3. The van der Waals surface area contributed by atoms with E-state index in [0.717, 1.165) is 56.8 Å². The highest BCUT2D eigenvalue weighted by Crippen LogP contribution is 2.32. The molecule has 4 nitrogen and oxygen atoms in total. The SMILES string of the molecule is CC1CCC(C(=O)N2CCC(CCCC3CCN(C(=O)C(C)(C)C)CC3)CC2)CC1. The number of rotatable bonds is 5. The number of hydrogen-bond donors (Lipinski definition) is 0. The zero-order valence-corrected chi connectivity index (χ0v) is 20.1. The van der Waals surface area contributed by atoms with E-state index in [2.05, 4.69) is 16.7 Å². The van der Waals surface area contributed by atoms with Crippen molar-refractivity contribution in [2.45, 2.75) is 98.3 Å². The van der Waals surface area contributed by atoms with Crippen molar-refractivity contribution in [1.29, 1.82) is 0 Å². The Balaban J connectivity index is 1.29. The zero-order chi connectivity index (χ0) is 21.7. The molecular formula is C26H46N2O2. The van der Waals surface area contributed by atoms with Gasteiger partial charge in [-0.15, -0.1) is 0 Å². The van der Waals surface area contributed by atoms with Crippen LogP contribution in [-0.2, 0) is 9.59 Å². The summed E-state index contributed by atoms with van der Waals surface area (Å²) in [6, 6.07) is 0. The van der Waals surface area contributed by atoms with Crippen LogP contribution in [0.15, 0.2) is 0 Å². The number of carbonyl (C=O) groups excluding carboxylic acids is 2. The molecular weight excluding hydrogens is 372 g/mol. The molecule has 3 aliphatic rings. The molecule has 3 fully saturated rings. The van der Waals surface area contributed by atoms with Crippen LogP contribution < -0.4 is 0 Å². The molecule has 0 atom stereocenters. The number of likely N-dealkylation sites (tertiary alicyclic amines) is 2. The first-order chi connectivity index (χ1) is 14.2. The summed E-state index contributed by atoms with van der Waals surface area (Å²) in [5.74, 6) is 3.49. The molecule has 0 radical (unpaired) electrons. The van der Waals surface area contributed by atoms with Gasteiger partial charge in [-0.05, 0) is 69.1 Å². The fourth-order valence-electron chi connectivity index (χ4n) is 5.80. The average Bonchev–Trinajstić information content (AvgIpc) is 2.74. The Morgan fingerprint density at radius 2 is 1.20 bits per heavy atom.